The zero-order chi connectivity index (χ0) is 21.5. The Balaban J connectivity index is 1.90. The van der Waals surface area contributed by atoms with Gasteiger partial charge in [-0.05, 0) is 48.9 Å². The van der Waals surface area contributed by atoms with Crippen LogP contribution >= 0.6 is 11.6 Å². The maximum absolute atomic E-state index is 13.9. The Morgan fingerprint density at radius 2 is 1.83 bits per heavy atom. The highest BCUT2D eigenvalue weighted by molar-refractivity contribution is 7.93. The quantitative estimate of drug-likeness (QED) is 0.455. The first-order valence-electron chi connectivity index (χ1n) is 8.80. The Morgan fingerprint density at radius 1 is 1.03 bits per heavy atom. The summed E-state index contributed by atoms with van der Waals surface area (Å²) in [6.07, 6.45) is 1.64. The van der Waals surface area contributed by atoms with E-state index in [9.17, 15) is 17.2 Å². The summed E-state index contributed by atoms with van der Waals surface area (Å²) < 4.78 is 57.2. The summed E-state index contributed by atoms with van der Waals surface area (Å²) >= 11 is 6.03. The van der Waals surface area contributed by atoms with Gasteiger partial charge < -0.3 is 0 Å². The summed E-state index contributed by atoms with van der Waals surface area (Å²) in [6.45, 7) is 1.54. The van der Waals surface area contributed by atoms with Crippen molar-refractivity contribution in [3.8, 4) is 0 Å². The lowest BCUT2D eigenvalue weighted by molar-refractivity contribution is 0.508. The van der Waals surface area contributed by atoms with Gasteiger partial charge in [-0.25, -0.2) is 17.2 Å². The molecule has 10 heteroatoms. The third-order valence-corrected chi connectivity index (χ3v) is 6.57. The molecule has 4 rings (SSSR count). The molecule has 4 aromatic rings. The van der Waals surface area contributed by atoms with Gasteiger partial charge in [0, 0.05) is 17.3 Å². The number of pyridine rings is 1. The molecule has 0 radical (unpaired) electrons. The van der Waals surface area contributed by atoms with E-state index >= 15 is 0 Å². The molecule has 6 nitrogen and oxygen atoms in total. The number of halogens is 3. The van der Waals surface area contributed by atoms with Gasteiger partial charge in [0.15, 0.2) is 17.3 Å². The van der Waals surface area contributed by atoms with Crippen molar-refractivity contribution < 1.29 is 17.2 Å². The third-order valence-electron chi connectivity index (χ3n) is 4.54. The van der Waals surface area contributed by atoms with Crippen molar-refractivity contribution in [1.29, 1.82) is 0 Å². The van der Waals surface area contributed by atoms with Crippen molar-refractivity contribution in [2.24, 2.45) is 0 Å². The molecule has 0 saturated heterocycles. The van der Waals surface area contributed by atoms with Crippen LogP contribution in [0, 0.1) is 18.6 Å². The van der Waals surface area contributed by atoms with E-state index in [4.69, 9.17) is 11.6 Å². The second-order valence-corrected chi connectivity index (χ2v) is 8.82. The van der Waals surface area contributed by atoms with Gasteiger partial charge in [0.25, 0.3) is 10.0 Å². The fourth-order valence-electron chi connectivity index (χ4n) is 3.08. The summed E-state index contributed by atoms with van der Waals surface area (Å²) in [5.41, 5.74) is 0.668. The van der Waals surface area contributed by atoms with Crippen molar-refractivity contribution in [3.63, 3.8) is 0 Å². The zero-order valence-corrected chi connectivity index (χ0v) is 17.2. The molecule has 0 amide bonds. The number of hydrogen-bond acceptors (Lipinski definition) is 4. The topological polar surface area (TPSA) is 67.6 Å². The van der Waals surface area contributed by atoms with E-state index in [0.29, 0.717) is 16.4 Å². The lowest BCUT2D eigenvalue weighted by Crippen LogP contribution is -2.31. The van der Waals surface area contributed by atoms with E-state index in [0.717, 1.165) is 16.4 Å². The Kier molecular flexibility index (Phi) is 5.17. The highest BCUT2D eigenvalue weighted by Crippen LogP contribution is 2.29. The molecule has 0 aliphatic carbocycles. The van der Waals surface area contributed by atoms with E-state index in [-0.39, 0.29) is 22.8 Å². The summed E-state index contributed by atoms with van der Waals surface area (Å²) in [4.78, 5) is -0.114. The minimum Gasteiger partial charge on any atom is -0.286 e. The molecule has 2 aromatic carbocycles. The first-order chi connectivity index (χ1) is 14.3. The van der Waals surface area contributed by atoms with Crippen LogP contribution in [0.1, 0.15) is 11.4 Å². The fourth-order valence-corrected chi connectivity index (χ4v) is 4.86. The Morgan fingerprint density at radius 3 is 2.57 bits per heavy atom. The molecule has 154 valence electrons. The standard InChI is InChI=1S/C20H15ClF2N4O2S/c1-13-24-25-20-19(6-3-9-26(13)20)30(28,29)27(12-14-4-2-5-15(21)10-14)16-7-8-17(22)18(23)11-16/h2-11H,12H2,1H3. The average Bonchev–Trinajstić information content (AvgIpc) is 3.09. The van der Waals surface area contributed by atoms with Crippen LogP contribution in [0.25, 0.3) is 5.65 Å². The van der Waals surface area contributed by atoms with Gasteiger partial charge in [-0.15, -0.1) is 10.2 Å². The molecule has 0 saturated carbocycles. The van der Waals surface area contributed by atoms with Crippen LogP contribution in [-0.2, 0) is 16.6 Å². The molecule has 2 aromatic heterocycles. The Labute approximate surface area is 176 Å². The van der Waals surface area contributed by atoms with Gasteiger partial charge >= 0.3 is 0 Å². The number of aromatic nitrogens is 3. The van der Waals surface area contributed by atoms with Crippen LogP contribution in [0.15, 0.2) is 65.7 Å². The Hall–Kier alpha value is -3.04. The summed E-state index contributed by atoms with van der Waals surface area (Å²) in [5, 5.41) is 8.31. The van der Waals surface area contributed by atoms with Crippen LogP contribution in [0.3, 0.4) is 0 Å². The average molecular weight is 449 g/mol. The predicted octanol–water partition coefficient (Wildman–Crippen LogP) is 4.36. The van der Waals surface area contributed by atoms with Gasteiger partial charge in [-0.2, -0.15) is 0 Å². The number of aryl methyl sites for hydroxylation is 1. The van der Waals surface area contributed by atoms with Crippen molar-refractivity contribution in [2.75, 3.05) is 4.31 Å². The monoisotopic (exact) mass is 448 g/mol. The number of fused-ring (bicyclic) bond motifs is 1. The first-order valence-corrected chi connectivity index (χ1v) is 10.6. The lowest BCUT2D eigenvalue weighted by atomic mass is 10.2. The normalized spacial score (nSPS) is 11.7. The van der Waals surface area contributed by atoms with E-state index in [1.54, 1.807) is 43.5 Å². The molecular formula is C20H15ClF2N4O2S. The molecule has 0 unspecified atom stereocenters. The minimum absolute atomic E-state index is 0.0351. The zero-order valence-electron chi connectivity index (χ0n) is 15.6. The van der Waals surface area contributed by atoms with Crippen LogP contribution in [0.2, 0.25) is 5.02 Å². The molecule has 0 fully saturated rings. The van der Waals surface area contributed by atoms with Crippen molar-refractivity contribution in [2.45, 2.75) is 18.4 Å². The molecule has 0 N–H and O–H groups in total. The number of anilines is 1. The molecule has 0 atom stereocenters. The van der Waals surface area contributed by atoms with Crippen molar-refractivity contribution in [3.05, 3.63) is 88.8 Å². The molecular weight excluding hydrogens is 434 g/mol. The van der Waals surface area contributed by atoms with Crippen LogP contribution in [0.5, 0.6) is 0 Å². The number of rotatable bonds is 5. The number of hydrogen-bond donors (Lipinski definition) is 0. The smallest absolute Gasteiger partial charge is 0.268 e. The van der Waals surface area contributed by atoms with Gasteiger partial charge in [0.2, 0.25) is 0 Å². The predicted molar refractivity (Wildman–Crippen MR) is 109 cm³/mol. The molecule has 0 spiro atoms. The molecule has 0 aliphatic rings. The number of sulfonamides is 1. The fraction of sp³-hybridized carbons (Fsp3) is 0.100. The summed E-state index contributed by atoms with van der Waals surface area (Å²) in [5.74, 6) is -1.72. The highest BCUT2D eigenvalue weighted by atomic mass is 35.5. The van der Waals surface area contributed by atoms with Crippen LogP contribution in [0.4, 0.5) is 14.5 Å². The van der Waals surface area contributed by atoms with Crippen LogP contribution in [-0.4, -0.2) is 23.0 Å². The van der Waals surface area contributed by atoms with Gasteiger partial charge in [0.1, 0.15) is 10.7 Å². The SMILES string of the molecule is Cc1nnc2c(S(=O)(=O)N(Cc3cccc(Cl)c3)c3ccc(F)c(F)c3)cccn12. The number of benzene rings is 2. The second-order valence-electron chi connectivity index (χ2n) is 6.55. The largest absolute Gasteiger partial charge is 0.286 e. The maximum atomic E-state index is 13.9. The molecule has 0 bridgehead atoms. The molecule has 0 aliphatic heterocycles. The van der Waals surface area contributed by atoms with Crippen LogP contribution < -0.4 is 4.31 Å². The summed E-state index contributed by atoms with van der Waals surface area (Å²) in [6, 6.07) is 12.5. The minimum atomic E-state index is -4.23. The van der Waals surface area contributed by atoms with Gasteiger partial charge in [0.05, 0.1) is 12.2 Å². The summed E-state index contributed by atoms with van der Waals surface area (Å²) in [7, 11) is -4.23. The second kappa shape index (κ2) is 7.66. The molecule has 2 heterocycles. The Bertz CT molecular complexity index is 1360. The van der Waals surface area contributed by atoms with E-state index in [2.05, 4.69) is 10.2 Å². The van der Waals surface area contributed by atoms with Crippen molar-refractivity contribution in [1.82, 2.24) is 14.6 Å². The van der Waals surface area contributed by atoms with E-state index in [1.807, 2.05) is 0 Å². The van der Waals surface area contributed by atoms with Gasteiger partial charge in [-0.1, -0.05) is 23.7 Å². The highest BCUT2D eigenvalue weighted by Gasteiger charge is 2.29. The third kappa shape index (κ3) is 3.61. The van der Waals surface area contributed by atoms with E-state index in [1.165, 1.54) is 16.5 Å². The van der Waals surface area contributed by atoms with E-state index < -0.39 is 21.7 Å². The maximum Gasteiger partial charge on any atom is 0.268 e. The molecule has 30 heavy (non-hydrogen) atoms. The van der Waals surface area contributed by atoms with Gasteiger partial charge in [-0.3, -0.25) is 8.71 Å². The van der Waals surface area contributed by atoms with Crippen molar-refractivity contribution >= 4 is 33.0 Å². The number of nitrogens with zero attached hydrogens (tertiary/aromatic N) is 4. The lowest BCUT2D eigenvalue weighted by Gasteiger charge is -2.25. The first kappa shape index (κ1) is 20.2.